The Bertz CT molecular complexity index is 461. The van der Waals surface area contributed by atoms with Gasteiger partial charge in [-0.1, -0.05) is 52.9 Å². The van der Waals surface area contributed by atoms with Gasteiger partial charge in [-0.05, 0) is 30.5 Å². The third-order valence-corrected chi connectivity index (χ3v) is 4.39. The van der Waals surface area contributed by atoms with Crippen LogP contribution < -0.4 is 11.1 Å². The lowest BCUT2D eigenvalue weighted by atomic mass is 9.94. The van der Waals surface area contributed by atoms with Crippen LogP contribution in [0.15, 0.2) is 22.7 Å². The molecule has 3 N–H and O–H groups in total. The summed E-state index contributed by atoms with van der Waals surface area (Å²) in [5.74, 6) is -0.380. The summed E-state index contributed by atoms with van der Waals surface area (Å²) in [6.45, 7) is 0. The smallest absolute Gasteiger partial charge is 0.239 e. The maximum absolute atomic E-state index is 11.7. The van der Waals surface area contributed by atoms with E-state index in [-0.39, 0.29) is 5.91 Å². The Balaban J connectivity index is 2.17. The van der Waals surface area contributed by atoms with Gasteiger partial charge in [0.05, 0.1) is 0 Å². The normalized spacial score (nSPS) is 18.2. The minimum atomic E-state index is -0.510. The van der Waals surface area contributed by atoms with Gasteiger partial charge < -0.3 is 5.73 Å². The van der Waals surface area contributed by atoms with E-state index in [4.69, 9.17) is 17.3 Å². The molecule has 5 heteroatoms. The van der Waals surface area contributed by atoms with Gasteiger partial charge in [0.2, 0.25) is 5.91 Å². The van der Waals surface area contributed by atoms with Crippen molar-refractivity contribution in [1.82, 2.24) is 5.32 Å². The molecule has 3 nitrogen and oxygen atoms in total. The molecule has 0 saturated heterocycles. The topological polar surface area (TPSA) is 55.1 Å². The average Bonchev–Trinajstić information content (AvgIpc) is 2.38. The molecule has 1 aromatic rings. The number of carbonyl (C=O) groups excluding carboxylic acids is 1. The van der Waals surface area contributed by atoms with Gasteiger partial charge in [0.25, 0.3) is 0 Å². The van der Waals surface area contributed by atoms with E-state index in [1.807, 2.05) is 12.1 Å². The lowest BCUT2D eigenvalue weighted by Gasteiger charge is -2.27. The maximum Gasteiger partial charge on any atom is 0.239 e. The van der Waals surface area contributed by atoms with Crippen LogP contribution in [0.1, 0.15) is 43.7 Å². The second-order valence-corrected chi connectivity index (χ2v) is 6.33. The minimum absolute atomic E-state index is 0.353. The molecular formula is C14H18BrClN2O. The summed E-state index contributed by atoms with van der Waals surface area (Å²) in [6.07, 6.45) is 5.88. The zero-order chi connectivity index (χ0) is 13.8. The van der Waals surface area contributed by atoms with Crippen molar-refractivity contribution in [1.29, 1.82) is 0 Å². The zero-order valence-corrected chi connectivity index (χ0v) is 13.0. The third kappa shape index (κ3) is 3.94. The Morgan fingerprint density at radius 2 is 2.05 bits per heavy atom. The van der Waals surface area contributed by atoms with Crippen LogP contribution in [0.4, 0.5) is 0 Å². The van der Waals surface area contributed by atoms with Gasteiger partial charge in [0.15, 0.2) is 0 Å². The van der Waals surface area contributed by atoms with E-state index >= 15 is 0 Å². The second kappa shape index (κ2) is 6.73. The molecule has 1 atom stereocenters. The van der Waals surface area contributed by atoms with E-state index < -0.39 is 6.04 Å². The first-order valence-corrected chi connectivity index (χ1v) is 7.75. The Kier molecular flexibility index (Phi) is 5.25. The van der Waals surface area contributed by atoms with Crippen LogP contribution in [-0.2, 0) is 4.79 Å². The molecule has 2 rings (SSSR count). The molecule has 1 amide bonds. The molecule has 1 aliphatic carbocycles. The van der Waals surface area contributed by atoms with Crippen molar-refractivity contribution in [2.24, 2.45) is 5.73 Å². The van der Waals surface area contributed by atoms with Gasteiger partial charge in [-0.3, -0.25) is 10.1 Å². The van der Waals surface area contributed by atoms with Crippen molar-refractivity contribution in [3.05, 3.63) is 33.3 Å². The number of rotatable bonds is 4. The molecule has 1 unspecified atom stereocenters. The molecule has 1 fully saturated rings. The van der Waals surface area contributed by atoms with E-state index in [2.05, 4.69) is 21.2 Å². The van der Waals surface area contributed by atoms with Crippen LogP contribution >= 0.6 is 27.5 Å². The molecule has 104 valence electrons. The lowest BCUT2D eigenvalue weighted by molar-refractivity contribution is -0.120. The van der Waals surface area contributed by atoms with Crippen LogP contribution in [-0.4, -0.2) is 11.9 Å². The highest BCUT2D eigenvalue weighted by atomic mass is 79.9. The Hall–Kier alpha value is -0.580. The van der Waals surface area contributed by atoms with Crippen molar-refractivity contribution in [2.45, 2.75) is 44.2 Å². The molecule has 0 spiro atoms. The van der Waals surface area contributed by atoms with Gasteiger partial charge in [0.1, 0.15) is 6.04 Å². The molecule has 0 radical (unpaired) electrons. The van der Waals surface area contributed by atoms with Crippen molar-refractivity contribution in [2.75, 3.05) is 0 Å². The molecule has 0 aromatic heterocycles. The SMILES string of the molecule is NC(=O)C(NC1CCCCC1)c1ccc(Br)cc1Cl. The van der Waals surface area contributed by atoms with Crippen LogP contribution in [0.5, 0.6) is 0 Å². The standard InChI is InChI=1S/C14H18BrClN2O/c15-9-6-7-11(12(16)8-9)13(14(17)19)18-10-4-2-1-3-5-10/h6-8,10,13,18H,1-5H2,(H2,17,19). The molecule has 0 bridgehead atoms. The third-order valence-electron chi connectivity index (χ3n) is 3.57. The summed E-state index contributed by atoms with van der Waals surface area (Å²) in [5.41, 5.74) is 6.27. The largest absolute Gasteiger partial charge is 0.368 e. The zero-order valence-electron chi connectivity index (χ0n) is 10.7. The van der Waals surface area contributed by atoms with Gasteiger partial charge in [-0.15, -0.1) is 0 Å². The molecule has 19 heavy (non-hydrogen) atoms. The van der Waals surface area contributed by atoms with Crippen LogP contribution in [0, 0.1) is 0 Å². The number of halogens is 2. The van der Waals surface area contributed by atoms with E-state index in [1.165, 1.54) is 19.3 Å². The monoisotopic (exact) mass is 344 g/mol. The van der Waals surface area contributed by atoms with Crippen molar-refractivity contribution in [3.8, 4) is 0 Å². The number of primary amides is 1. The summed E-state index contributed by atoms with van der Waals surface area (Å²) in [5, 5.41) is 3.91. The molecule has 0 heterocycles. The highest BCUT2D eigenvalue weighted by Crippen LogP contribution is 2.28. The highest BCUT2D eigenvalue weighted by molar-refractivity contribution is 9.10. The quantitative estimate of drug-likeness (QED) is 0.877. The first-order valence-electron chi connectivity index (χ1n) is 6.58. The fourth-order valence-electron chi connectivity index (χ4n) is 2.57. The molecule has 0 aliphatic heterocycles. The molecular weight excluding hydrogens is 328 g/mol. The van der Waals surface area contributed by atoms with Crippen LogP contribution in [0.25, 0.3) is 0 Å². The number of amides is 1. The van der Waals surface area contributed by atoms with Crippen molar-refractivity contribution >= 4 is 33.4 Å². The predicted octanol–water partition coefficient (Wildman–Crippen LogP) is 3.55. The van der Waals surface area contributed by atoms with Crippen molar-refractivity contribution in [3.63, 3.8) is 0 Å². The average molecular weight is 346 g/mol. The van der Waals surface area contributed by atoms with Crippen molar-refractivity contribution < 1.29 is 4.79 Å². The molecule has 1 aliphatic rings. The lowest BCUT2D eigenvalue weighted by Crippen LogP contribution is -2.41. The summed E-state index contributed by atoms with van der Waals surface area (Å²) in [6, 6.07) is 5.35. The summed E-state index contributed by atoms with van der Waals surface area (Å²) in [7, 11) is 0. The minimum Gasteiger partial charge on any atom is -0.368 e. The van der Waals surface area contributed by atoms with Gasteiger partial charge in [-0.25, -0.2) is 0 Å². The maximum atomic E-state index is 11.7. The number of benzene rings is 1. The number of hydrogen-bond donors (Lipinski definition) is 2. The fraction of sp³-hybridized carbons (Fsp3) is 0.500. The number of hydrogen-bond acceptors (Lipinski definition) is 2. The Labute approximate surface area is 127 Å². The van der Waals surface area contributed by atoms with Crippen LogP contribution in [0.2, 0.25) is 5.02 Å². The highest BCUT2D eigenvalue weighted by Gasteiger charge is 2.24. The van der Waals surface area contributed by atoms with Gasteiger partial charge in [0, 0.05) is 15.5 Å². The van der Waals surface area contributed by atoms with Gasteiger partial charge in [-0.2, -0.15) is 0 Å². The first-order chi connectivity index (χ1) is 9.08. The Morgan fingerprint density at radius 3 is 2.63 bits per heavy atom. The molecule has 1 aromatic carbocycles. The first kappa shape index (κ1) is 14.8. The predicted molar refractivity (Wildman–Crippen MR) is 81.1 cm³/mol. The Morgan fingerprint density at radius 1 is 1.37 bits per heavy atom. The van der Waals surface area contributed by atoms with Gasteiger partial charge >= 0.3 is 0 Å². The van der Waals surface area contributed by atoms with E-state index in [0.717, 1.165) is 22.9 Å². The second-order valence-electron chi connectivity index (χ2n) is 5.00. The van der Waals surface area contributed by atoms with Crippen LogP contribution in [0.3, 0.4) is 0 Å². The molecule has 1 saturated carbocycles. The number of carbonyl (C=O) groups is 1. The fourth-order valence-corrected chi connectivity index (χ4v) is 3.35. The number of nitrogens with one attached hydrogen (secondary N) is 1. The summed E-state index contributed by atoms with van der Waals surface area (Å²) < 4.78 is 0.891. The van der Waals surface area contributed by atoms with E-state index in [1.54, 1.807) is 6.07 Å². The van der Waals surface area contributed by atoms with E-state index in [9.17, 15) is 4.79 Å². The van der Waals surface area contributed by atoms with E-state index in [0.29, 0.717) is 11.1 Å². The number of nitrogens with two attached hydrogens (primary N) is 1. The summed E-state index contributed by atoms with van der Waals surface area (Å²) >= 11 is 9.57. The summed E-state index contributed by atoms with van der Waals surface area (Å²) in [4.78, 5) is 11.7.